The van der Waals surface area contributed by atoms with E-state index < -0.39 is 10.0 Å². The van der Waals surface area contributed by atoms with E-state index >= 15 is 0 Å². The van der Waals surface area contributed by atoms with Crippen molar-refractivity contribution in [2.45, 2.75) is 18.9 Å². The second kappa shape index (κ2) is 8.57. The summed E-state index contributed by atoms with van der Waals surface area (Å²) in [5.74, 6) is 2.23. The SMILES string of the molecule is CS(=O)(=O)N1CCCN(C(=O)CC2CSCCN2)CC1.Cl. The fraction of sp³-hybridized carbons (Fsp3) is 0.917. The van der Waals surface area contributed by atoms with Crippen LogP contribution >= 0.6 is 24.2 Å². The van der Waals surface area contributed by atoms with Crippen molar-refractivity contribution < 1.29 is 13.2 Å². The molecule has 21 heavy (non-hydrogen) atoms. The summed E-state index contributed by atoms with van der Waals surface area (Å²) in [6, 6.07) is 0.260. The first-order valence-electron chi connectivity index (χ1n) is 7.01. The Morgan fingerprint density at radius 3 is 2.67 bits per heavy atom. The van der Waals surface area contributed by atoms with Gasteiger partial charge in [-0.15, -0.1) is 12.4 Å². The van der Waals surface area contributed by atoms with Crippen molar-refractivity contribution in [1.29, 1.82) is 0 Å². The summed E-state index contributed by atoms with van der Waals surface area (Å²) in [5.41, 5.74) is 0. The lowest BCUT2D eigenvalue weighted by Crippen LogP contribution is -2.43. The van der Waals surface area contributed by atoms with Gasteiger partial charge in [-0.2, -0.15) is 11.8 Å². The molecule has 2 aliphatic heterocycles. The van der Waals surface area contributed by atoms with Crippen LogP contribution in [0.3, 0.4) is 0 Å². The lowest BCUT2D eigenvalue weighted by molar-refractivity contribution is -0.131. The third-order valence-electron chi connectivity index (χ3n) is 3.70. The van der Waals surface area contributed by atoms with Gasteiger partial charge < -0.3 is 10.2 Å². The molecule has 0 aromatic heterocycles. The predicted molar refractivity (Wildman–Crippen MR) is 88.6 cm³/mol. The maximum atomic E-state index is 12.3. The fourth-order valence-corrected chi connectivity index (χ4v) is 4.39. The van der Waals surface area contributed by atoms with Gasteiger partial charge in [0, 0.05) is 56.7 Å². The molecular formula is C12H24ClN3O3S2. The average Bonchev–Trinajstić information content (AvgIpc) is 2.65. The molecule has 1 N–H and O–H groups in total. The van der Waals surface area contributed by atoms with E-state index in [1.807, 2.05) is 16.7 Å². The number of hydrogen-bond donors (Lipinski definition) is 1. The van der Waals surface area contributed by atoms with Crippen LogP contribution < -0.4 is 5.32 Å². The van der Waals surface area contributed by atoms with Gasteiger partial charge in [-0.05, 0) is 6.42 Å². The molecule has 2 saturated heterocycles. The summed E-state index contributed by atoms with van der Waals surface area (Å²) in [5, 5.41) is 3.36. The molecule has 0 bridgehead atoms. The van der Waals surface area contributed by atoms with Crippen LogP contribution in [0.1, 0.15) is 12.8 Å². The summed E-state index contributed by atoms with van der Waals surface area (Å²) < 4.78 is 24.6. The first-order valence-corrected chi connectivity index (χ1v) is 10.0. The number of hydrogen-bond acceptors (Lipinski definition) is 5. The summed E-state index contributed by atoms with van der Waals surface area (Å²) >= 11 is 1.88. The van der Waals surface area contributed by atoms with Crippen molar-refractivity contribution in [1.82, 2.24) is 14.5 Å². The van der Waals surface area contributed by atoms with Crippen LogP contribution in [-0.4, -0.2) is 80.1 Å². The van der Waals surface area contributed by atoms with Crippen LogP contribution in [0.25, 0.3) is 0 Å². The summed E-state index contributed by atoms with van der Waals surface area (Å²) in [7, 11) is -3.15. The minimum Gasteiger partial charge on any atom is -0.341 e. The molecule has 124 valence electrons. The molecule has 0 aromatic rings. The van der Waals surface area contributed by atoms with Crippen LogP contribution in [0.2, 0.25) is 0 Å². The van der Waals surface area contributed by atoms with Gasteiger partial charge in [0.25, 0.3) is 0 Å². The lowest BCUT2D eigenvalue weighted by atomic mass is 10.2. The van der Waals surface area contributed by atoms with Gasteiger partial charge in [-0.25, -0.2) is 12.7 Å². The highest BCUT2D eigenvalue weighted by atomic mass is 35.5. The quantitative estimate of drug-likeness (QED) is 0.769. The van der Waals surface area contributed by atoms with Crippen LogP contribution in [0.4, 0.5) is 0 Å². The van der Waals surface area contributed by atoms with Crippen LogP contribution in [0.15, 0.2) is 0 Å². The molecule has 2 heterocycles. The van der Waals surface area contributed by atoms with E-state index in [9.17, 15) is 13.2 Å². The van der Waals surface area contributed by atoms with Gasteiger partial charge in [0.2, 0.25) is 15.9 Å². The van der Waals surface area contributed by atoms with E-state index in [-0.39, 0.29) is 24.4 Å². The number of amides is 1. The van der Waals surface area contributed by atoms with Crippen molar-refractivity contribution in [2.75, 3.05) is 50.5 Å². The van der Waals surface area contributed by atoms with E-state index in [1.54, 1.807) is 0 Å². The average molecular weight is 358 g/mol. The number of thioether (sulfide) groups is 1. The van der Waals surface area contributed by atoms with Crippen molar-refractivity contribution in [3.63, 3.8) is 0 Å². The first kappa shape index (κ1) is 19.0. The summed E-state index contributed by atoms with van der Waals surface area (Å²) in [6.45, 7) is 3.05. The first-order chi connectivity index (χ1) is 9.47. The van der Waals surface area contributed by atoms with E-state index in [0.717, 1.165) is 18.1 Å². The van der Waals surface area contributed by atoms with E-state index in [1.165, 1.54) is 10.6 Å². The molecule has 6 nitrogen and oxygen atoms in total. The number of sulfonamides is 1. The highest BCUT2D eigenvalue weighted by Gasteiger charge is 2.25. The molecule has 9 heteroatoms. The standard InChI is InChI=1S/C12H23N3O3S2.ClH/c1-20(17,18)15-5-2-4-14(6-7-15)12(16)9-11-10-19-8-3-13-11;/h11,13H,2-10H2,1H3;1H. The monoisotopic (exact) mass is 357 g/mol. The van der Waals surface area contributed by atoms with Gasteiger partial charge in [-0.3, -0.25) is 4.79 Å². The van der Waals surface area contributed by atoms with Crippen LogP contribution in [-0.2, 0) is 14.8 Å². The Morgan fingerprint density at radius 1 is 1.29 bits per heavy atom. The minimum absolute atomic E-state index is 0. The Kier molecular flexibility index (Phi) is 7.77. The molecule has 1 unspecified atom stereocenters. The number of halogens is 1. The Hall–Kier alpha value is -0.0200. The van der Waals surface area contributed by atoms with E-state index in [0.29, 0.717) is 39.0 Å². The summed E-state index contributed by atoms with van der Waals surface area (Å²) in [4.78, 5) is 14.1. The Bertz CT molecular complexity index is 441. The van der Waals surface area contributed by atoms with Crippen molar-refractivity contribution in [2.24, 2.45) is 0 Å². The number of carbonyl (C=O) groups is 1. The number of carbonyl (C=O) groups excluding carboxylic acids is 1. The molecule has 2 fully saturated rings. The Balaban J connectivity index is 0.00000220. The highest BCUT2D eigenvalue weighted by Crippen LogP contribution is 2.13. The molecule has 0 spiro atoms. The minimum atomic E-state index is -3.15. The van der Waals surface area contributed by atoms with Crippen molar-refractivity contribution >= 4 is 40.1 Å². The second-order valence-corrected chi connectivity index (χ2v) is 8.46. The molecule has 1 amide bonds. The van der Waals surface area contributed by atoms with Gasteiger partial charge in [0.15, 0.2) is 0 Å². The molecule has 0 aromatic carbocycles. The predicted octanol–water partition coefficient (Wildman–Crippen LogP) is -0.00280. The van der Waals surface area contributed by atoms with Crippen LogP contribution in [0.5, 0.6) is 0 Å². The lowest BCUT2D eigenvalue weighted by Gasteiger charge is -2.26. The van der Waals surface area contributed by atoms with Crippen LogP contribution in [0, 0.1) is 0 Å². The second-order valence-electron chi connectivity index (χ2n) is 5.33. The van der Waals surface area contributed by atoms with Gasteiger partial charge in [0.05, 0.1) is 6.26 Å². The van der Waals surface area contributed by atoms with E-state index in [2.05, 4.69) is 5.32 Å². The zero-order valence-corrected chi connectivity index (χ0v) is 14.7. The molecule has 0 aliphatic carbocycles. The molecule has 0 radical (unpaired) electrons. The fourth-order valence-electron chi connectivity index (χ4n) is 2.57. The van der Waals surface area contributed by atoms with Gasteiger partial charge >= 0.3 is 0 Å². The normalized spacial score (nSPS) is 25.0. The van der Waals surface area contributed by atoms with Gasteiger partial charge in [0.1, 0.15) is 0 Å². The zero-order chi connectivity index (χ0) is 14.6. The number of nitrogens with one attached hydrogen (secondary N) is 1. The molecule has 1 atom stereocenters. The third-order valence-corrected chi connectivity index (χ3v) is 6.13. The molecular weight excluding hydrogens is 334 g/mol. The highest BCUT2D eigenvalue weighted by molar-refractivity contribution is 7.99. The largest absolute Gasteiger partial charge is 0.341 e. The maximum absolute atomic E-state index is 12.3. The smallest absolute Gasteiger partial charge is 0.224 e. The van der Waals surface area contributed by atoms with E-state index in [4.69, 9.17) is 0 Å². The molecule has 2 aliphatic rings. The molecule has 2 rings (SSSR count). The zero-order valence-electron chi connectivity index (χ0n) is 12.3. The third kappa shape index (κ3) is 5.94. The number of nitrogens with zero attached hydrogens (tertiary/aromatic N) is 2. The number of rotatable bonds is 3. The summed E-state index contributed by atoms with van der Waals surface area (Å²) in [6.07, 6.45) is 2.46. The van der Waals surface area contributed by atoms with Crippen molar-refractivity contribution in [3.8, 4) is 0 Å². The van der Waals surface area contributed by atoms with Crippen molar-refractivity contribution in [3.05, 3.63) is 0 Å². The Labute approximate surface area is 137 Å². The topological polar surface area (TPSA) is 69.7 Å². The van der Waals surface area contributed by atoms with Gasteiger partial charge in [-0.1, -0.05) is 0 Å². The maximum Gasteiger partial charge on any atom is 0.224 e. The Morgan fingerprint density at radius 2 is 2.05 bits per heavy atom. The molecule has 0 saturated carbocycles.